The molecule has 0 spiro atoms. The van der Waals surface area contributed by atoms with Gasteiger partial charge in [-0.2, -0.15) is 0 Å². The van der Waals surface area contributed by atoms with Gasteiger partial charge in [0.1, 0.15) is 5.75 Å². The molecule has 3 aromatic rings. The second-order valence-corrected chi connectivity index (χ2v) is 6.73. The molecule has 0 N–H and O–H groups in total. The minimum atomic E-state index is -0.358. The number of fused-ring (bicyclic) bond motifs is 1. The van der Waals surface area contributed by atoms with Crippen molar-refractivity contribution in [2.45, 2.75) is 32.3 Å². The molecule has 24 heavy (non-hydrogen) atoms. The molecule has 4 rings (SSSR count). The maximum Gasteiger partial charge on any atom is 0.257 e. The Morgan fingerprint density at radius 2 is 2.17 bits per heavy atom. The zero-order valence-electron chi connectivity index (χ0n) is 13.2. The molecule has 5 nitrogen and oxygen atoms in total. The zero-order valence-corrected chi connectivity index (χ0v) is 14.0. The minimum absolute atomic E-state index is 0.216. The molecule has 0 fully saturated rings. The summed E-state index contributed by atoms with van der Waals surface area (Å²) in [7, 11) is 0. The number of thiophene rings is 1. The van der Waals surface area contributed by atoms with Crippen molar-refractivity contribution in [2.75, 3.05) is 0 Å². The maximum absolute atomic E-state index is 11.9. The van der Waals surface area contributed by atoms with Crippen molar-refractivity contribution in [1.82, 2.24) is 10.2 Å². The first kappa shape index (κ1) is 15.1. The van der Waals surface area contributed by atoms with E-state index in [1.807, 2.05) is 42.6 Å². The van der Waals surface area contributed by atoms with Crippen LogP contribution in [-0.4, -0.2) is 16.0 Å². The smallest absolute Gasteiger partial charge is 0.257 e. The number of benzene rings is 1. The Balaban J connectivity index is 1.52. The SMILES string of the molecule is CC(Oc1ccc2c(c1)CCCC2=O)c1nnc(-c2cccs2)o1. The van der Waals surface area contributed by atoms with E-state index in [1.165, 1.54) is 0 Å². The van der Waals surface area contributed by atoms with Gasteiger partial charge in [-0.25, -0.2) is 0 Å². The highest BCUT2D eigenvalue weighted by atomic mass is 32.1. The fraction of sp³-hybridized carbons (Fsp3) is 0.278. The topological polar surface area (TPSA) is 65.2 Å². The summed E-state index contributed by atoms with van der Waals surface area (Å²) < 4.78 is 11.6. The highest BCUT2D eigenvalue weighted by Gasteiger charge is 2.20. The van der Waals surface area contributed by atoms with E-state index in [4.69, 9.17) is 9.15 Å². The molecule has 1 aliphatic carbocycles. The van der Waals surface area contributed by atoms with Crippen molar-refractivity contribution in [3.05, 3.63) is 52.7 Å². The molecule has 1 atom stereocenters. The number of carbonyl (C=O) groups excluding carboxylic acids is 1. The van der Waals surface area contributed by atoms with Gasteiger partial charge in [0, 0.05) is 12.0 Å². The largest absolute Gasteiger partial charge is 0.481 e. The molecule has 2 heterocycles. The molecule has 0 saturated carbocycles. The van der Waals surface area contributed by atoms with Crippen molar-refractivity contribution < 1.29 is 13.9 Å². The molecule has 1 unspecified atom stereocenters. The number of hydrogen-bond donors (Lipinski definition) is 0. The number of aryl methyl sites for hydroxylation is 1. The second kappa shape index (κ2) is 6.20. The van der Waals surface area contributed by atoms with Gasteiger partial charge in [-0.15, -0.1) is 21.5 Å². The highest BCUT2D eigenvalue weighted by molar-refractivity contribution is 7.13. The van der Waals surface area contributed by atoms with Crippen LogP contribution >= 0.6 is 11.3 Å². The van der Waals surface area contributed by atoms with Crippen LogP contribution in [0.25, 0.3) is 10.8 Å². The maximum atomic E-state index is 11.9. The Morgan fingerprint density at radius 1 is 1.25 bits per heavy atom. The number of nitrogens with zero attached hydrogens (tertiary/aromatic N) is 2. The van der Waals surface area contributed by atoms with E-state index in [-0.39, 0.29) is 11.9 Å². The Kier molecular flexibility index (Phi) is 3.90. The van der Waals surface area contributed by atoms with E-state index in [2.05, 4.69) is 10.2 Å². The fourth-order valence-electron chi connectivity index (χ4n) is 2.85. The van der Waals surface area contributed by atoms with Gasteiger partial charge < -0.3 is 9.15 Å². The minimum Gasteiger partial charge on any atom is -0.481 e. The van der Waals surface area contributed by atoms with Crippen LogP contribution in [0.5, 0.6) is 5.75 Å². The molecule has 6 heteroatoms. The molecular formula is C18H16N2O3S. The first-order chi connectivity index (χ1) is 11.7. The number of Topliss-reactive ketones (excluding diaryl/α,β-unsaturated/α-hetero) is 1. The summed E-state index contributed by atoms with van der Waals surface area (Å²) in [4.78, 5) is 12.8. The van der Waals surface area contributed by atoms with Crippen molar-refractivity contribution >= 4 is 17.1 Å². The van der Waals surface area contributed by atoms with Crippen LogP contribution in [-0.2, 0) is 6.42 Å². The van der Waals surface area contributed by atoms with E-state index in [9.17, 15) is 4.79 Å². The lowest BCUT2D eigenvalue weighted by Gasteiger charge is -2.17. The van der Waals surface area contributed by atoms with E-state index in [1.54, 1.807) is 11.3 Å². The van der Waals surface area contributed by atoms with E-state index in [0.29, 0.717) is 24.0 Å². The molecule has 1 aromatic carbocycles. The summed E-state index contributed by atoms with van der Waals surface area (Å²) in [5.41, 5.74) is 1.87. The van der Waals surface area contributed by atoms with Crippen LogP contribution < -0.4 is 4.74 Å². The molecule has 0 bridgehead atoms. The van der Waals surface area contributed by atoms with Crippen LogP contribution in [0.2, 0.25) is 0 Å². The predicted octanol–water partition coefficient (Wildman–Crippen LogP) is 4.46. The van der Waals surface area contributed by atoms with Gasteiger partial charge in [0.2, 0.25) is 0 Å². The molecule has 0 saturated heterocycles. The molecule has 0 radical (unpaired) electrons. The summed E-state index contributed by atoms with van der Waals surface area (Å²) in [6.45, 7) is 1.87. The van der Waals surface area contributed by atoms with Gasteiger partial charge in [0.15, 0.2) is 11.9 Å². The predicted molar refractivity (Wildman–Crippen MR) is 90.4 cm³/mol. The molecule has 2 aromatic heterocycles. The van der Waals surface area contributed by atoms with Gasteiger partial charge in [0.05, 0.1) is 4.88 Å². The third kappa shape index (κ3) is 2.85. The molecule has 0 amide bonds. The standard InChI is InChI=1S/C18H16N2O3S/c1-11(17-19-20-18(23-17)16-6-3-9-24-16)22-13-7-8-14-12(10-13)4-2-5-15(14)21/h3,6-11H,2,4-5H2,1H3. The number of ketones is 1. The van der Waals surface area contributed by atoms with Crippen LogP contribution in [0.3, 0.4) is 0 Å². The average molecular weight is 340 g/mol. The molecule has 1 aliphatic rings. The quantitative estimate of drug-likeness (QED) is 0.701. The van der Waals surface area contributed by atoms with Crippen LogP contribution in [0, 0.1) is 0 Å². The summed E-state index contributed by atoms with van der Waals surface area (Å²) >= 11 is 1.55. The highest BCUT2D eigenvalue weighted by Crippen LogP contribution is 2.29. The summed E-state index contributed by atoms with van der Waals surface area (Å²) in [6.07, 6.45) is 2.09. The number of carbonyl (C=O) groups is 1. The van der Waals surface area contributed by atoms with Gasteiger partial charge >= 0.3 is 0 Å². The van der Waals surface area contributed by atoms with Gasteiger partial charge in [-0.05, 0) is 55.0 Å². The fourth-order valence-corrected chi connectivity index (χ4v) is 3.49. The second-order valence-electron chi connectivity index (χ2n) is 5.78. The lowest BCUT2D eigenvalue weighted by Crippen LogP contribution is -2.11. The van der Waals surface area contributed by atoms with E-state index in [0.717, 1.165) is 28.8 Å². The zero-order chi connectivity index (χ0) is 16.5. The Morgan fingerprint density at radius 3 is 3.00 bits per heavy atom. The molecular weight excluding hydrogens is 324 g/mol. The number of hydrogen-bond acceptors (Lipinski definition) is 6. The number of rotatable bonds is 4. The lowest BCUT2D eigenvalue weighted by atomic mass is 9.90. The van der Waals surface area contributed by atoms with Crippen LogP contribution in [0.1, 0.15) is 47.7 Å². The van der Waals surface area contributed by atoms with Crippen molar-refractivity contribution in [1.29, 1.82) is 0 Å². The van der Waals surface area contributed by atoms with Gasteiger partial charge in [-0.1, -0.05) is 6.07 Å². The summed E-state index contributed by atoms with van der Waals surface area (Å²) in [6, 6.07) is 9.50. The molecule has 122 valence electrons. The Hall–Kier alpha value is -2.47. The van der Waals surface area contributed by atoms with E-state index < -0.39 is 0 Å². The van der Waals surface area contributed by atoms with Crippen LogP contribution in [0.15, 0.2) is 40.1 Å². The Labute approximate surface area is 143 Å². The number of aromatic nitrogens is 2. The monoisotopic (exact) mass is 340 g/mol. The normalized spacial score (nSPS) is 15.1. The molecule has 0 aliphatic heterocycles. The summed E-state index contributed by atoms with van der Waals surface area (Å²) in [5, 5.41) is 10.1. The number of ether oxygens (including phenoxy) is 1. The Bertz CT molecular complexity index is 870. The van der Waals surface area contributed by atoms with Crippen molar-refractivity contribution in [3.63, 3.8) is 0 Å². The summed E-state index contributed by atoms with van der Waals surface area (Å²) in [5.74, 6) is 1.87. The first-order valence-corrected chi connectivity index (χ1v) is 8.79. The third-order valence-electron chi connectivity index (χ3n) is 4.06. The third-order valence-corrected chi connectivity index (χ3v) is 4.92. The van der Waals surface area contributed by atoms with Crippen molar-refractivity contribution in [3.8, 4) is 16.5 Å². The van der Waals surface area contributed by atoms with E-state index >= 15 is 0 Å². The van der Waals surface area contributed by atoms with Crippen LogP contribution in [0.4, 0.5) is 0 Å². The average Bonchev–Trinajstić information content (AvgIpc) is 3.26. The van der Waals surface area contributed by atoms with Gasteiger partial charge in [-0.3, -0.25) is 4.79 Å². The first-order valence-electron chi connectivity index (χ1n) is 7.91. The van der Waals surface area contributed by atoms with Gasteiger partial charge in [0.25, 0.3) is 11.8 Å². The lowest BCUT2D eigenvalue weighted by molar-refractivity contribution is 0.0972. The van der Waals surface area contributed by atoms with Crippen molar-refractivity contribution in [2.24, 2.45) is 0 Å².